The number of nitrogens with one attached hydrogen (secondary N) is 1. The highest BCUT2D eigenvalue weighted by Gasteiger charge is 2.14. The molecule has 26 heavy (non-hydrogen) atoms. The van der Waals surface area contributed by atoms with Gasteiger partial charge in [0.2, 0.25) is 5.91 Å². The molecule has 0 radical (unpaired) electrons. The van der Waals surface area contributed by atoms with Crippen molar-refractivity contribution in [2.75, 3.05) is 5.75 Å². The second-order valence-electron chi connectivity index (χ2n) is 6.40. The number of halogens is 1. The number of hydrogen-bond acceptors (Lipinski definition) is 5. The number of benzene rings is 1. The zero-order valence-corrected chi connectivity index (χ0v) is 16.5. The topological polar surface area (TPSA) is 54.9 Å². The van der Waals surface area contributed by atoms with Crippen LogP contribution in [0.15, 0.2) is 41.7 Å². The summed E-state index contributed by atoms with van der Waals surface area (Å²) in [6.07, 6.45) is 1.51. The molecule has 0 aliphatic carbocycles. The Bertz CT molecular complexity index is 909. The van der Waals surface area contributed by atoms with Gasteiger partial charge in [-0.15, -0.1) is 11.3 Å². The molecular weight excluding hydrogens is 369 g/mol. The minimum Gasteiger partial charge on any atom is -0.353 e. The van der Waals surface area contributed by atoms with E-state index in [0.717, 1.165) is 25.7 Å². The highest BCUT2D eigenvalue weighted by Crippen LogP contribution is 2.36. The molecule has 4 nitrogen and oxygen atoms in total. The summed E-state index contributed by atoms with van der Waals surface area (Å²) >= 11 is 2.96. The molecule has 3 aromatic rings. The third-order valence-electron chi connectivity index (χ3n) is 4.14. The van der Waals surface area contributed by atoms with Gasteiger partial charge in [-0.3, -0.25) is 4.79 Å². The maximum absolute atomic E-state index is 13.1. The van der Waals surface area contributed by atoms with E-state index in [9.17, 15) is 9.18 Å². The lowest BCUT2D eigenvalue weighted by atomic mass is 10.1. The summed E-state index contributed by atoms with van der Waals surface area (Å²) in [7, 11) is 0. The molecule has 1 amide bonds. The Morgan fingerprint density at radius 1 is 1.23 bits per heavy atom. The van der Waals surface area contributed by atoms with Crippen molar-refractivity contribution in [2.45, 2.75) is 31.8 Å². The molecule has 7 heteroatoms. The second kappa shape index (κ2) is 8.14. The van der Waals surface area contributed by atoms with Crippen LogP contribution in [-0.4, -0.2) is 27.7 Å². The predicted octanol–water partition coefficient (Wildman–Crippen LogP) is 4.75. The van der Waals surface area contributed by atoms with Crippen molar-refractivity contribution >= 4 is 39.2 Å². The molecule has 0 fully saturated rings. The van der Waals surface area contributed by atoms with E-state index in [2.05, 4.69) is 29.1 Å². The molecule has 0 aliphatic rings. The Balaban J connectivity index is 1.77. The van der Waals surface area contributed by atoms with Crippen molar-refractivity contribution < 1.29 is 9.18 Å². The summed E-state index contributed by atoms with van der Waals surface area (Å²) < 4.78 is 14.1. The minimum atomic E-state index is -0.257. The van der Waals surface area contributed by atoms with Crippen LogP contribution in [0.25, 0.3) is 20.7 Å². The van der Waals surface area contributed by atoms with Gasteiger partial charge < -0.3 is 5.32 Å². The number of thiophene rings is 1. The van der Waals surface area contributed by atoms with Crippen LogP contribution < -0.4 is 5.32 Å². The Kier molecular flexibility index (Phi) is 5.88. The maximum Gasteiger partial charge on any atom is 0.230 e. The number of amides is 1. The smallest absolute Gasteiger partial charge is 0.230 e. The van der Waals surface area contributed by atoms with Gasteiger partial charge in [0.15, 0.2) is 0 Å². The van der Waals surface area contributed by atoms with Crippen LogP contribution in [-0.2, 0) is 4.79 Å². The number of nitrogens with zero attached hydrogens (tertiary/aromatic N) is 2. The van der Waals surface area contributed by atoms with Gasteiger partial charge in [-0.25, -0.2) is 14.4 Å². The first-order valence-corrected chi connectivity index (χ1v) is 10.2. The Labute approximate surface area is 160 Å². The van der Waals surface area contributed by atoms with E-state index in [-0.39, 0.29) is 17.8 Å². The van der Waals surface area contributed by atoms with Crippen molar-refractivity contribution in [3.8, 4) is 10.4 Å². The van der Waals surface area contributed by atoms with Crippen LogP contribution in [0.4, 0.5) is 4.39 Å². The molecule has 0 aliphatic heterocycles. The zero-order chi connectivity index (χ0) is 18.7. The van der Waals surface area contributed by atoms with E-state index in [1.807, 2.05) is 13.0 Å². The van der Waals surface area contributed by atoms with Crippen molar-refractivity contribution in [3.63, 3.8) is 0 Å². The Morgan fingerprint density at radius 3 is 2.65 bits per heavy atom. The molecule has 0 bridgehead atoms. The van der Waals surface area contributed by atoms with Gasteiger partial charge in [0.1, 0.15) is 17.2 Å². The highest BCUT2D eigenvalue weighted by molar-refractivity contribution is 8.00. The summed E-state index contributed by atoms with van der Waals surface area (Å²) in [4.78, 5) is 21.8. The van der Waals surface area contributed by atoms with Crippen LogP contribution in [0, 0.1) is 11.7 Å². The fourth-order valence-corrected chi connectivity index (χ4v) is 4.30. The molecule has 2 heterocycles. The second-order valence-corrected chi connectivity index (χ2v) is 8.42. The lowest BCUT2D eigenvalue weighted by Crippen LogP contribution is -2.37. The van der Waals surface area contributed by atoms with E-state index >= 15 is 0 Å². The molecule has 136 valence electrons. The molecule has 1 atom stereocenters. The molecule has 0 saturated carbocycles. The SMILES string of the molecule is CC(C)C(C)NC(=O)CSc1ncnc2cc(-c3ccc(F)cc3)sc12. The average molecular weight is 390 g/mol. The third-order valence-corrected chi connectivity index (χ3v) is 6.43. The summed E-state index contributed by atoms with van der Waals surface area (Å²) in [6.45, 7) is 6.16. The Hall–Kier alpha value is -1.99. The van der Waals surface area contributed by atoms with Crippen molar-refractivity contribution in [2.24, 2.45) is 5.92 Å². The summed E-state index contributed by atoms with van der Waals surface area (Å²) in [5.41, 5.74) is 1.77. The Morgan fingerprint density at radius 2 is 1.96 bits per heavy atom. The average Bonchev–Trinajstić information content (AvgIpc) is 3.05. The standard InChI is InChI=1S/C19H20FN3OS2/c1-11(2)12(3)23-17(24)9-25-19-18-15(21-10-22-19)8-16(26-18)13-4-6-14(20)7-5-13/h4-8,10-12H,9H2,1-3H3,(H,23,24). The quantitative estimate of drug-likeness (QED) is 0.488. The number of carbonyl (C=O) groups excluding carboxylic acids is 1. The number of fused-ring (bicyclic) bond motifs is 1. The number of rotatable bonds is 6. The monoisotopic (exact) mass is 389 g/mol. The normalized spacial score (nSPS) is 12.5. The number of hydrogen-bond donors (Lipinski definition) is 1. The van der Waals surface area contributed by atoms with E-state index in [1.165, 1.54) is 30.2 Å². The number of aromatic nitrogens is 2. The van der Waals surface area contributed by atoms with Gasteiger partial charge >= 0.3 is 0 Å². The van der Waals surface area contributed by atoms with Gasteiger partial charge in [0.25, 0.3) is 0 Å². The summed E-state index contributed by atoms with van der Waals surface area (Å²) in [5, 5.41) is 3.79. The highest BCUT2D eigenvalue weighted by atomic mass is 32.2. The van der Waals surface area contributed by atoms with Crippen molar-refractivity contribution in [1.29, 1.82) is 0 Å². The molecule has 3 rings (SSSR count). The van der Waals surface area contributed by atoms with Gasteiger partial charge in [0.05, 0.1) is 16.0 Å². The molecule has 1 aromatic carbocycles. The van der Waals surface area contributed by atoms with Crippen molar-refractivity contribution in [1.82, 2.24) is 15.3 Å². The third kappa shape index (κ3) is 4.40. The van der Waals surface area contributed by atoms with Crippen LogP contribution in [0.5, 0.6) is 0 Å². The van der Waals surface area contributed by atoms with E-state index < -0.39 is 0 Å². The van der Waals surface area contributed by atoms with Crippen LogP contribution in [0.1, 0.15) is 20.8 Å². The molecule has 1 unspecified atom stereocenters. The van der Waals surface area contributed by atoms with E-state index in [1.54, 1.807) is 23.5 Å². The summed E-state index contributed by atoms with van der Waals surface area (Å²) in [5.74, 6) is 0.448. The fraction of sp³-hybridized carbons (Fsp3) is 0.316. The van der Waals surface area contributed by atoms with Crippen molar-refractivity contribution in [3.05, 3.63) is 42.5 Å². The van der Waals surface area contributed by atoms with Crippen LogP contribution in [0.2, 0.25) is 0 Å². The number of carbonyl (C=O) groups is 1. The molecule has 2 aromatic heterocycles. The lowest BCUT2D eigenvalue weighted by Gasteiger charge is -2.17. The number of thioether (sulfide) groups is 1. The first-order valence-electron chi connectivity index (χ1n) is 8.36. The van der Waals surface area contributed by atoms with Gasteiger partial charge in [-0.2, -0.15) is 0 Å². The van der Waals surface area contributed by atoms with Gasteiger partial charge in [-0.05, 0) is 36.6 Å². The summed E-state index contributed by atoms with van der Waals surface area (Å²) in [6, 6.07) is 8.50. The van der Waals surface area contributed by atoms with Crippen LogP contribution >= 0.6 is 23.1 Å². The minimum absolute atomic E-state index is 0.00160. The van der Waals surface area contributed by atoms with Crippen LogP contribution in [0.3, 0.4) is 0 Å². The molecule has 1 N–H and O–H groups in total. The van der Waals surface area contributed by atoms with Gasteiger partial charge in [-0.1, -0.05) is 37.7 Å². The predicted molar refractivity (Wildman–Crippen MR) is 106 cm³/mol. The van der Waals surface area contributed by atoms with Gasteiger partial charge in [0, 0.05) is 10.9 Å². The zero-order valence-electron chi connectivity index (χ0n) is 14.8. The molecular formula is C19H20FN3OS2. The first-order chi connectivity index (χ1) is 12.4. The van der Waals surface area contributed by atoms with E-state index in [4.69, 9.17) is 0 Å². The maximum atomic E-state index is 13.1. The molecule has 0 saturated heterocycles. The largest absolute Gasteiger partial charge is 0.353 e. The molecule has 0 spiro atoms. The lowest BCUT2D eigenvalue weighted by molar-refractivity contribution is -0.119. The first kappa shape index (κ1) is 18.8. The van der Waals surface area contributed by atoms with E-state index in [0.29, 0.717) is 11.7 Å². The fourth-order valence-electron chi connectivity index (χ4n) is 2.29.